The fourth-order valence-electron chi connectivity index (χ4n) is 2.57. The molecule has 0 aromatic heterocycles. The Morgan fingerprint density at radius 1 is 1.04 bits per heavy atom. The molecule has 0 atom stereocenters. The fourth-order valence-corrected chi connectivity index (χ4v) is 2.57. The van der Waals surface area contributed by atoms with Gasteiger partial charge in [-0.25, -0.2) is 0 Å². The lowest BCUT2D eigenvalue weighted by Gasteiger charge is -2.21. The third kappa shape index (κ3) is 4.38. The molecule has 3 heteroatoms. The van der Waals surface area contributed by atoms with Gasteiger partial charge in [0, 0.05) is 0 Å². The van der Waals surface area contributed by atoms with E-state index in [1.54, 1.807) is 7.11 Å². The monoisotopic (exact) mass is 325 g/mol. The Morgan fingerprint density at radius 2 is 1.75 bits per heavy atom. The van der Waals surface area contributed by atoms with Gasteiger partial charge >= 0.3 is 0 Å². The number of methoxy groups -OCH3 is 1. The Morgan fingerprint density at radius 3 is 2.33 bits per heavy atom. The van der Waals surface area contributed by atoms with Gasteiger partial charge in [-0.3, -0.25) is 4.79 Å². The van der Waals surface area contributed by atoms with Crippen LogP contribution in [0.2, 0.25) is 0 Å². The lowest BCUT2D eigenvalue weighted by atomic mass is 9.87. The van der Waals surface area contributed by atoms with Crippen molar-refractivity contribution in [3.8, 4) is 5.75 Å². The van der Waals surface area contributed by atoms with Crippen LogP contribution in [0, 0.1) is 13.8 Å². The van der Waals surface area contributed by atoms with Crippen molar-refractivity contribution in [3.63, 3.8) is 0 Å². The highest BCUT2D eigenvalue weighted by molar-refractivity contribution is 5.93. The summed E-state index contributed by atoms with van der Waals surface area (Å²) in [7, 11) is 1.62. The molecule has 0 aliphatic heterocycles. The van der Waals surface area contributed by atoms with Crippen molar-refractivity contribution in [1.82, 2.24) is 0 Å². The van der Waals surface area contributed by atoms with E-state index in [0.29, 0.717) is 12.2 Å². The van der Waals surface area contributed by atoms with Gasteiger partial charge in [-0.1, -0.05) is 45.0 Å². The van der Waals surface area contributed by atoms with Gasteiger partial charge in [0.15, 0.2) is 0 Å². The van der Waals surface area contributed by atoms with Crippen LogP contribution in [0.5, 0.6) is 5.75 Å². The zero-order valence-corrected chi connectivity index (χ0v) is 15.5. The van der Waals surface area contributed by atoms with E-state index in [1.807, 2.05) is 24.3 Å². The third-order valence-corrected chi connectivity index (χ3v) is 4.28. The van der Waals surface area contributed by atoms with Crippen LogP contribution in [0.25, 0.3) is 0 Å². The lowest BCUT2D eigenvalue weighted by molar-refractivity contribution is -0.115. The molecule has 0 spiro atoms. The van der Waals surface area contributed by atoms with E-state index >= 15 is 0 Å². The molecule has 2 rings (SSSR count). The second kappa shape index (κ2) is 7.08. The molecule has 0 unspecified atom stereocenters. The summed E-state index contributed by atoms with van der Waals surface area (Å²) in [6.07, 6.45) is 0.351. The molecule has 0 aliphatic carbocycles. The van der Waals surface area contributed by atoms with Crippen molar-refractivity contribution in [2.75, 3.05) is 12.4 Å². The number of aryl methyl sites for hydroxylation is 2. The highest BCUT2D eigenvalue weighted by atomic mass is 16.5. The van der Waals surface area contributed by atoms with E-state index in [-0.39, 0.29) is 11.3 Å². The van der Waals surface area contributed by atoms with E-state index < -0.39 is 0 Å². The number of rotatable bonds is 4. The van der Waals surface area contributed by atoms with Crippen molar-refractivity contribution in [3.05, 3.63) is 58.7 Å². The van der Waals surface area contributed by atoms with Gasteiger partial charge in [-0.05, 0) is 53.6 Å². The summed E-state index contributed by atoms with van der Waals surface area (Å²) in [5.41, 5.74) is 5.34. The third-order valence-electron chi connectivity index (χ3n) is 4.28. The van der Waals surface area contributed by atoms with Gasteiger partial charge in [-0.15, -0.1) is 0 Å². The highest BCUT2D eigenvalue weighted by Gasteiger charge is 2.17. The molecule has 2 aromatic rings. The van der Waals surface area contributed by atoms with Crippen molar-refractivity contribution < 1.29 is 9.53 Å². The van der Waals surface area contributed by atoms with Gasteiger partial charge in [0.05, 0.1) is 19.2 Å². The molecule has 0 bridgehead atoms. The second-order valence-corrected chi connectivity index (χ2v) is 7.31. The summed E-state index contributed by atoms with van der Waals surface area (Å²) >= 11 is 0. The molecule has 2 aromatic carbocycles. The van der Waals surface area contributed by atoms with E-state index in [4.69, 9.17) is 4.74 Å². The van der Waals surface area contributed by atoms with Crippen molar-refractivity contribution in [2.45, 2.75) is 46.5 Å². The summed E-state index contributed by atoms with van der Waals surface area (Å²) in [6, 6.07) is 12.1. The molecule has 0 heterocycles. The highest BCUT2D eigenvalue weighted by Crippen LogP contribution is 2.31. The molecule has 0 saturated carbocycles. The molecule has 0 aliphatic rings. The minimum Gasteiger partial charge on any atom is -0.495 e. The summed E-state index contributed by atoms with van der Waals surface area (Å²) in [5, 5.41) is 2.99. The first-order chi connectivity index (χ1) is 11.2. The van der Waals surface area contributed by atoms with Crippen LogP contribution in [0.1, 0.15) is 43.0 Å². The minimum absolute atomic E-state index is 0.0137. The standard InChI is InChI=1S/C21H27NO2/c1-14-7-8-16(11-15(14)2)12-20(23)22-18-13-17(21(3,4)5)9-10-19(18)24-6/h7-11,13H,12H2,1-6H3,(H,22,23). The second-order valence-electron chi connectivity index (χ2n) is 7.31. The largest absolute Gasteiger partial charge is 0.495 e. The van der Waals surface area contributed by atoms with Crippen LogP contribution in [-0.4, -0.2) is 13.0 Å². The fraction of sp³-hybridized carbons (Fsp3) is 0.381. The van der Waals surface area contributed by atoms with Crippen LogP contribution in [0.15, 0.2) is 36.4 Å². The number of amides is 1. The molecule has 0 fully saturated rings. The van der Waals surface area contributed by atoms with E-state index in [2.05, 4.69) is 52.1 Å². The quantitative estimate of drug-likeness (QED) is 0.877. The van der Waals surface area contributed by atoms with Crippen molar-refractivity contribution in [1.29, 1.82) is 0 Å². The minimum atomic E-state index is -0.0392. The molecule has 24 heavy (non-hydrogen) atoms. The first-order valence-corrected chi connectivity index (χ1v) is 8.25. The van der Waals surface area contributed by atoms with E-state index in [1.165, 1.54) is 11.1 Å². The van der Waals surface area contributed by atoms with Crippen molar-refractivity contribution in [2.24, 2.45) is 0 Å². The van der Waals surface area contributed by atoms with Gasteiger partial charge in [0.1, 0.15) is 5.75 Å². The number of carbonyl (C=O) groups excluding carboxylic acids is 1. The zero-order valence-electron chi connectivity index (χ0n) is 15.5. The molecule has 0 radical (unpaired) electrons. The maximum absolute atomic E-state index is 12.4. The molecule has 0 saturated heterocycles. The zero-order chi connectivity index (χ0) is 17.9. The van der Waals surface area contributed by atoms with Gasteiger partial charge in [0.2, 0.25) is 5.91 Å². The molecule has 1 amide bonds. The number of nitrogens with one attached hydrogen (secondary N) is 1. The van der Waals surface area contributed by atoms with Crippen LogP contribution in [0.3, 0.4) is 0 Å². The number of ether oxygens (including phenoxy) is 1. The number of hydrogen-bond acceptors (Lipinski definition) is 2. The molecular weight excluding hydrogens is 298 g/mol. The number of hydrogen-bond donors (Lipinski definition) is 1. The number of anilines is 1. The SMILES string of the molecule is COc1ccc(C(C)(C)C)cc1NC(=O)Cc1ccc(C)c(C)c1. The van der Waals surface area contributed by atoms with Crippen LogP contribution >= 0.6 is 0 Å². The average molecular weight is 325 g/mol. The summed E-state index contributed by atoms with van der Waals surface area (Å²) in [4.78, 5) is 12.4. The topological polar surface area (TPSA) is 38.3 Å². The summed E-state index contributed by atoms with van der Waals surface area (Å²) in [5.74, 6) is 0.638. The van der Waals surface area contributed by atoms with Crippen LogP contribution in [0.4, 0.5) is 5.69 Å². The first-order valence-electron chi connectivity index (χ1n) is 8.25. The summed E-state index contributed by atoms with van der Waals surface area (Å²) < 4.78 is 5.38. The number of benzene rings is 2. The Balaban J connectivity index is 2.19. The van der Waals surface area contributed by atoms with Gasteiger partial charge in [-0.2, -0.15) is 0 Å². The predicted octanol–water partition coefficient (Wildman–Crippen LogP) is 4.79. The average Bonchev–Trinajstić information content (AvgIpc) is 2.50. The molecule has 1 N–H and O–H groups in total. The Kier molecular flexibility index (Phi) is 5.33. The van der Waals surface area contributed by atoms with Crippen LogP contribution in [-0.2, 0) is 16.6 Å². The van der Waals surface area contributed by atoms with Crippen molar-refractivity contribution >= 4 is 11.6 Å². The van der Waals surface area contributed by atoms with Gasteiger partial charge in [0.25, 0.3) is 0 Å². The number of carbonyl (C=O) groups is 1. The Hall–Kier alpha value is -2.29. The Labute approximate surface area is 145 Å². The predicted molar refractivity (Wildman–Crippen MR) is 99.9 cm³/mol. The van der Waals surface area contributed by atoms with E-state index in [9.17, 15) is 4.79 Å². The lowest BCUT2D eigenvalue weighted by Crippen LogP contribution is -2.17. The normalized spacial score (nSPS) is 11.2. The van der Waals surface area contributed by atoms with Gasteiger partial charge < -0.3 is 10.1 Å². The molecular formula is C21H27NO2. The maximum Gasteiger partial charge on any atom is 0.228 e. The first kappa shape index (κ1) is 18.1. The maximum atomic E-state index is 12.4. The van der Waals surface area contributed by atoms with E-state index in [0.717, 1.165) is 16.8 Å². The summed E-state index contributed by atoms with van der Waals surface area (Å²) in [6.45, 7) is 10.6. The Bertz CT molecular complexity index is 742. The van der Waals surface area contributed by atoms with Crippen LogP contribution < -0.4 is 10.1 Å². The smallest absolute Gasteiger partial charge is 0.228 e. The molecule has 3 nitrogen and oxygen atoms in total. The molecule has 128 valence electrons.